The quantitative estimate of drug-likeness (QED) is 0.465. The molecule has 2 aromatic heterocycles. The highest BCUT2D eigenvalue weighted by atomic mass is 16.3. The molecule has 2 nitrogen and oxygen atoms in total. The van der Waals surface area contributed by atoms with E-state index in [1.165, 1.54) is 5.56 Å². The van der Waals surface area contributed by atoms with Crippen LogP contribution in [0.3, 0.4) is 0 Å². The van der Waals surface area contributed by atoms with Crippen molar-refractivity contribution in [3.63, 3.8) is 0 Å². The molecule has 0 aliphatic heterocycles. The molecule has 0 amide bonds. The number of benzene rings is 2. The van der Waals surface area contributed by atoms with Gasteiger partial charge in [0.1, 0.15) is 11.2 Å². The molecule has 4 aromatic rings. The highest BCUT2D eigenvalue weighted by Crippen LogP contribution is 2.32. The van der Waals surface area contributed by atoms with Gasteiger partial charge in [0.25, 0.3) is 0 Å². The van der Waals surface area contributed by atoms with Gasteiger partial charge in [-0.25, -0.2) is 0 Å². The Morgan fingerprint density at radius 2 is 1.79 bits per heavy atom. The summed E-state index contributed by atoms with van der Waals surface area (Å²) in [7, 11) is 0. The van der Waals surface area contributed by atoms with Gasteiger partial charge in [0, 0.05) is 16.3 Å². The summed E-state index contributed by atoms with van der Waals surface area (Å²) in [5.74, 6) is 0. The van der Waals surface area contributed by atoms with E-state index >= 15 is 0 Å². The van der Waals surface area contributed by atoms with E-state index in [0.29, 0.717) is 0 Å². The monoisotopic (exact) mass is 248 g/mol. The van der Waals surface area contributed by atoms with Crippen molar-refractivity contribution in [2.45, 2.75) is 6.92 Å². The van der Waals surface area contributed by atoms with Crippen LogP contribution in [-0.4, -0.2) is 0 Å². The van der Waals surface area contributed by atoms with Crippen LogP contribution in [0, 0.1) is 6.92 Å². The molecule has 0 aliphatic rings. The molecule has 19 heavy (non-hydrogen) atoms. The second-order valence-electron chi connectivity index (χ2n) is 4.82. The van der Waals surface area contributed by atoms with Gasteiger partial charge in [-0.05, 0) is 36.2 Å². The standard InChI is InChI=1S/C17H12O2/c1-11-2-5-14-15(10-19-17(14)8-11)13-4-3-12-6-7-18-16(12)9-13/h2-10H,1H3. The maximum absolute atomic E-state index is 5.65. The summed E-state index contributed by atoms with van der Waals surface area (Å²) in [6.07, 6.45) is 3.53. The number of furan rings is 2. The molecule has 2 aromatic carbocycles. The van der Waals surface area contributed by atoms with E-state index in [1.54, 1.807) is 6.26 Å². The maximum Gasteiger partial charge on any atom is 0.134 e. The van der Waals surface area contributed by atoms with Gasteiger partial charge in [0.05, 0.1) is 12.5 Å². The summed E-state index contributed by atoms with van der Waals surface area (Å²) in [6.45, 7) is 2.07. The molecular formula is C17H12O2. The molecule has 92 valence electrons. The minimum atomic E-state index is 0.902. The number of rotatable bonds is 1. The summed E-state index contributed by atoms with van der Waals surface area (Å²) in [5, 5.41) is 2.25. The smallest absolute Gasteiger partial charge is 0.134 e. The van der Waals surface area contributed by atoms with Crippen molar-refractivity contribution in [3.05, 3.63) is 60.6 Å². The van der Waals surface area contributed by atoms with Crippen molar-refractivity contribution in [2.75, 3.05) is 0 Å². The summed E-state index contributed by atoms with van der Waals surface area (Å²) in [4.78, 5) is 0. The van der Waals surface area contributed by atoms with E-state index in [-0.39, 0.29) is 0 Å². The first-order valence-electron chi connectivity index (χ1n) is 6.27. The van der Waals surface area contributed by atoms with Gasteiger partial charge in [-0.15, -0.1) is 0 Å². The van der Waals surface area contributed by atoms with Crippen molar-refractivity contribution in [2.24, 2.45) is 0 Å². The molecular weight excluding hydrogens is 236 g/mol. The van der Waals surface area contributed by atoms with E-state index in [9.17, 15) is 0 Å². The van der Waals surface area contributed by atoms with Crippen molar-refractivity contribution in [3.8, 4) is 11.1 Å². The fourth-order valence-electron chi connectivity index (χ4n) is 2.48. The van der Waals surface area contributed by atoms with Gasteiger partial charge in [-0.2, -0.15) is 0 Å². The largest absolute Gasteiger partial charge is 0.464 e. The molecule has 0 unspecified atom stereocenters. The SMILES string of the molecule is Cc1ccc2c(-c3ccc4ccoc4c3)coc2c1. The molecule has 0 saturated carbocycles. The predicted octanol–water partition coefficient (Wildman–Crippen LogP) is 5.15. The lowest BCUT2D eigenvalue weighted by Crippen LogP contribution is -1.76. The van der Waals surface area contributed by atoms with Crippen molar-refractivity contribution < 1.29 is 8.83 Å². The summed E-state index contributed by atoms with van der Waals surface area (Å²) >= 11 is 0. The third kappa shape index (κ3) is 1.57. The second-order valence-corrected chi connectivity index (χ2v) is 4.82. The third-order valence-electron chi connectivity index (χ3n) is 3.50. The van der Waals surface area contributed by atoms with E-state index < -0.39 is 0 Å². The first kappa shape index (κ1) is 10.4. The first-order valence-corrected chi connectivity index (χ1v) is 6.27. The van der Waals surface area contributed by atoms with Gasteiger partial charge >= 0.3 is 0 Å². The van der Waals surface area contributed by atoms with Crippen LogP contribution >= 0.6 is 0 Å². The normalized spacial score (nSPS) is 11.4. The van der Waals surface area contributed by atoms with Gasteiger partial charge < -0.3 is 8.83 Å². The van der Waals surface area contributed by atoms with Crippen LogP contribution in [0.4, 0.5) is 0 Å². The summed E-state index contributed by atoms with van der Waals surface area (Å²) in [5.41, 5.74) is 5.25. The molecule has 0 bridgehead atoms. The van der Waals surface area contributed by atoms with Crippen LogP contribution in [0.2, 0.25) is 0 Å². The fourth-order valence-corrected chi connectivity index (χ4v) is 2.48. The minimum absolute atomic E-state index is 0.902. The van der Waals surface area contributed by atoms with Gasteiger partial charge in [0.15, 0.2) is 0 Å². The van der Waals surface area contributed by atoms with Crippen LogP contribution in [0.1, 0.15) is 5.56 Å². The minimum Gasteiger partial charge on any atom is -0.464 e. The van der Waals surface area contributed by atoms with E-state index in [0.717, 1.165) is 33.1 Å². The first-order chi connectivity index (χ1) is 9.31. The van der Waals surface area contributed by atoms with Crippen molar-refractivity contribution in [1.82, 2.24) is 0 Å². The van der Waals surface area contributed by atoms with Crippen LogP contribution in [-0.2, 0) is 0 Å². The molecule has 4 rings (SSSR count). The molecule has 2 heterocycles. The highest BCUT2D eigenvalue weighted by Gasteiger charge is 2.09. The molecule has 0 radical (unpaired) electrons. The fraction of sp³-hybridized carbons (Fsp3) is 0.0588. The molecule has 0 N–H and O–H groups in total. The zero-order valence-corrected chi connectivity index (χ0v) is 10.5. The molecule has 0 aliphatic carbocycles. The lowest BCUT2D eigenvalue weighted by atomic mass is 10.0. The van der Waals surface area contributed by atoms with Crippen molar-refractivity contribution >= 4 is 21.9 Å². The topological polar surface area (TPSA) is 26.3 Å². The highest BCUT2D eigenvalue weighted by molar-refractivity contribution is 5.96. The van der Waals surface area contributed by atoms with Crippen LogP contribution < -0.4 is 0 Å². The number of fused-ring (bicyclic) bond motifs is 2. The number of hydrogen-bond acceptors (Lipinski definition) is 2. The maximum atomic E-state index is 5.65. The zero-order valence-electron chi connectivity index (χ0n) is 10.5. The van der Waals surface area contributed by atoms with Crippen LogP contribution in [0.25, 0.3) is 33.1 Å². The number of hydrogen-bond donors (Lipinski definition) is 0. The lowest BCUT2D eigenvalue weighted by molar-refractivity contribution is 0.615. The van der Waals surface area contributed by atoms with Crippen molar-refractivity contribution in [1.29, 1.82) is 0 Å². The van der Waals surface area contributed by atoms with E-state index in [4.69, 9.17) is 8.83 Å². The Morgan fingerprint density at radius 3 is 2.74 bits per heavy atom. The van der Waals surface area contributed by atoms with Gasteiger partial charge in [0.2, 0.25) is 0 Å². The third-order valence-corrected chi connectivity index (χ3v) is 3.50. The second kappa shape index (κ2) is 3.75. The Balaban J connectivity index is 1.97. The average molecular weight is 248 g/mol. The molecule has 0 atom stereocenters. The van der Waals surface area contributed by atoms with E-state index in [2.05, 4.69) is 43.3 Å². The molecule has 0 spiro atoms. The molecule has 0 saturated heterocycles. The molecule has 0 fully saturated rings. The lowest BCUT2D eigenvalue weighted by Gasteiger charge is -1.99. The zero-order chi connectivity index (χ0) is 12.8. The predicted molar refractivity (Wildman–Crippen MR) is 76.2 cm³/mol. The Hall–Kier alpha value is -2.48. The number of aryl methyl sites for hydroxylation is 1. The van der Waals surface area contributed by atoms with Gasteiger partial charge in [-0.3, -0.25) is 0 Å². The van der Waals surface area contributed by atoms with Gasteiger partial charge in [-0.1, -0.05) is 24.3 Å². The van der Waals surface area contributed by atoms with Crippen LogP contribution in [0.5, 0.6) is 0 Å². The Kier molecular flexibility index (Phi) is 2.06. The molecule has 2 heteroatoms. The average Bonchev–Trinajstić information content (AvgIpc) is 3.02. The summed E-state index contributed by atoms with van der Waals surface area (Å²) < 4.78 is 11.1. The van der Waals surface area contributed by atoms with Crippen LogP contribution in [0.15, 0.2) is 63.8 Å². The Bertz CT molecular complexity index is 880. The Morgan fingerprint density at radius 1 is 0.842 bits per heavy atom. The summed E-state index contributed by atoms with van der Waals surface area (Å²) in [6, 6.07) is 14.5. The van der Waals surface area contributed by atoms with E-state index in [1.807, 2.05) is 12.3 Å². The Labute approximate surface area is 110 Å².